The molecule has 2 rings (SSSR count). The van der Waals surface area contributed by atoms with Crippen LogP contribution in [0.25, 0.3) is 0 Å². The molecule has 136 valence electrons. The molecule has 1 aliphatic heterocycles. The van der Waals surface area contributed by atoms with Gasteiger partial charge >= 0.3 is 5.51 Å². The molecule has 0 N–H and O–H groups in total. The first-order chi connectivity index (χ1) is 11.6. The molecule has 1 aliphatic rings. The average Bonchev–Trinajstić information content (AvgIpc) is 2.54. The summed E-state index contributed by atoms with van der Waals surface area (Å²) in [4.78, 5) is 12.5. The lowest BCUT2D eigenvalue weighted by atomic mass is 10.2. The summed E-state index contributed by atoms with van der Waals surface area (Å²) < 4.78 is 60.7. The Kier molecular flexibility index (Phi) is 5.19. The Morgan fingerprint density at radius 2 is 1.84 bits per heavy atom. The molecule has 25 heavy (non-hydrogen) atoms. The number of piperazine rings is 1. The van der Waals surface area contributed by atoms with Crippen molar-refractivity contribution in [2.75, 3.05) is 37.6 Å². The van der Waals surface area contributed by atoms with Crippen LogP contribution < -0.4 is 4.90 Å². The average molecular weight is 378 g/mol. The molecule has 0 aliphatic carbocycles. The van der Waals surface area contributed by atoms with Gasteiger partial charge in [-0.25, -0.2) is 8.42 Å². The minimum absolute atomic E-state index is 0.0442. The second-order valence-electron chi connectivity index (χ2n) is 5.28. The number of hydrogen-bond acceptors (Lipinski definition) is 7. The van der Waals surface area contributed by atoms with Gasteiger partial charge in [0.15, 0.2) is 0 Å². The summed E-state index contributed by atoms with van der Waals surface area (Å²) in [6.07, 6.45) is 0. The van der Waals surface area contributed by atoms with E-state index in [9.17, 15) is 31.7 Å². The van der Waals surface area contributed by atoms with E-state index < -0.39 is 30.9 Å². The van der Waals surface area contributed by atoms with Crippen LogP contribution in [0, 0.1) is 21.4 Å². The fourth-order valence-corrected chi connectivity index (χ4v) is 3.25. The molecule has 0 saturated carbocycles. The molecule has 1 aromatic carbocycles. The van der Waals surface area contributed by atoms with Crippen molar-refractivity contribution in [3.05, 3.63) is 28.3 Å². The number of rotatable bonds is 4. The summed E-state index contributed by atoms with van der Waals surface area (Å²) in [6, 6.07) is 4.14. The van der Waals surface area contributed by atoms with E-state index in [1.807, 2.05) is 11.0 Å². The van der Waals surface area contributed by atoms with E-state index >= 15 is 0 Å². The van der Waals surface area contributed by atoms with Crippen molar-refractivity contribution >= 4 is 21.2 Å². The number of benzene rings is 1. The molecule has 0 amide bonds. The first-order valence-electron chi connectivity index (χ1n) is 7.02. The lowest BCUT2D eigenvalue weighted by Gasteiger charge is -2.34. The zero-order chi connectivity index (χ0) is 18.8. The predicted octanol–water partition coefficient (Wildman–Crippen LogP) is 1.53. The maximum Gasteiger partial charge on any atom is 0.501 e. The molecule has 1 heterocycles. The number of hydrogen-bond donors (Lipinski definition) is 0. The number of nitriles is 1. The molecule has 0 atom stereocenters. The zero-order valence-corrected chi connectivity index (χ0v) is 13.5. The Morgan fingerprint density at radius 3 is 2.32 bits per heavy atom. The van der Waals surface area contributed by atoms with E-state index in [1.165, 1.54) is 0 Å². The minimum atomic E-state index is -5.66. The van der Waals surface area contributed by atoms with Crippen molar-refractivity contribution in [3.8, 4) is 6.07 Å². The Hall–Kier alpha value is -2.39. The molecule has 0 radical (unpaired) electrons. The number of halogens is 3. The number of sulfone groups is 1. The van der Waals surface area contributed by atoms with E-state index in [2.05, 4.69) is 0 Å². The number of nitro groups is 1. The third-order valence-corrected chi connectivity index (χ3v) is 5.25. The van der Waals surface area contributed by atoms with Gasteiger partial charge in [0.25, 0.3) is 15.5 Å². The zero-order valence-electron chi connectivity index (χ0n) is 12.7. The van der Waals surface area contributed by atoms with Crippen molar-refractivity contribution in [2.45, 2.75) is 10.4 Å². The lowest BCUT2D eigenvalue weighted by Crippen LogP contribution is -2.46. The standard InChI is InChI=1S/C13H13F3N4O4S/c14-13(15,16)25(23,24)10-1-2-11(12(9-10)20(21)22)19-7-5-18(4-3-17)6-8-19/h1-2,9H,4-8H2. The van der Waals surface area contributed by atoms with Crippen LogP contribution in [0.2, 0.25) is 0 Å². The van der Waals surface area contributed by atoms with Gasteiger partial charge in [0.1, 0.15) is 5.69 Å². The van der Waals surface area contributed by atoms with Gasteiger partial charge in [-0.15, -0.1) is 0 Å². The fraction of sp³-hybridized carbons (Fsp3) is 0.462. The third-order valence-electron chi connectivity index (χ3n) is 3.77. The van der Waals surface area contributed by atoms with Crippen LogP contribution in [0.5, 0.6) is 0 Å². The van der Waals surface area contributed by atoms with Crippen LogP contribution in [-0.4, -0.2) is 56.5 Å². The lowest BCUT2D eigenvalue weighted by molar-refractivity contribution is -0.384. The minimum Gasteiger partial charge on any atom is -0.363 e. The van der Waals surface area contributed by atoms with Crippen LogP contribution in [-0.2, 0) is 9.84 Å². The fourth-order valence-electron chi connectivity index (χ4n) is 2.46. The van der Waals surface area contributed by atoms with E-state index in [0.717, 1.165) is 6.07 Å². The van der Waals surface area contributed by atoms with Crippen molar-refractivity contribution in [1.29, 1.82) is 5.26 Å². The molecule has 8 nitrogen and oxygen atoms in total. The smallest absolute Gasteiger partial charge is 0.363 e. The Morgan fingerprint density at radius 1 is 1.24 bits per heavy atom. The van der Waals surface area contributed by atoms with Crippen molar-refractivity contribution < 1.29 is 26.5 Å². The summed E-state index contributed by atoms with van der Waals surface area (Å²) in [7, 11) is -5.66. The topological polar surface area (TPSA) is 108 Å². The van der Waals surface area contributed by atoms with Gasteiger partial charge < -0.3 is 4.90 Å². The maximum atomic E-state index is 12.6. The van der Waals surface area contributed by atoms with Crippen LogP contribution in [0.15, 0.2) is 23.1 Å². The van der Waals surface area contributed by atoms with Crippen LogP contribution in [0.4, 0.5) is 24.5 Å². The van der Waals surface area contributed by atoms with Gasteiger partial charge in [0, 0.05) is 32.2 Å². The molecule has 1 aromatic rings. The van der Waals surface area contributed by atoms with E-state index in [1.54, 1.807) is 4.90 Å². The summed E-state index contributed by atoms with van der Waals surface area (Å²) in [5.74, 6) is 0. The molecular formula is C13H13F3N4O4S. The van der Waals surface area contributed by atoms with Crippen molar-refractivity contribution in [2.24, 2.45) is 0 Å². The largest absolute Gasteiger partial charge is 0.501 e. The molecule has 0 aromatic heterocycles. The van der Waals surface area contributed by atoms with Crippen molar-refractivity contribution in [1.82, 2.24) is 4.90 Å². The summed E-state index contributed by atoms with van der Waals surface area (Å²) in [5, 5.41) is 19.9. The second kappa shape index (κ2) is 6.85. The maximum absolute atomic E-state index is 12.6. The highest BCUT2D eigenvalue weighted by Crippen LogP contribution is 2.36. The Bertz CT molecular complexity index is 812. The van der Waals surface area contributed by atoms with Crippen LogP contribution in [0.1, 0.15) is 0 Å². The SMILES string of the molecule is N#CCN1CCN(c2ccc(S(=O)(=O)C(F)(F)F)cc2[N+](=O)[O-])CC1. The Labute approximate surface area is 141 Å². The quantitative estimate of drug-likeness (QED) is 0.444. The highest BCUT2D eigenvalue weighted by Gasteiger charge is 2.47. The van der Waals surface area contributed by atoms with Crippen LogP contribution in [0.3, 0.4) is 0 Å². The highest BCUT2D eigenvalue weighted by atomic mass is 32.2. The number of alkyl halides is 3. The van der Waals surface area contributed by atoms with E-state index in [0.29, 0.717) is 38.3 Å². The van der Waals surface area contributed by atoms with Gasteiger partial charge in [-0.05, 0) is 12.1 Å². The number of nitro benzene ring substituents is 1. The second-order valence-corrected chi connectivity index (χ2v) is 7.22. The van der Waals surface area contributed by atoms with Gasteiger partial charge in [0.2, 0.25) is 0 Å². The van der Waals surface area contributed by atoms with E-state index in [4.69, 9.17) is 5.26 Å². The highest BCUT2D eigenvalue weighted by molar-refractivity contribution is 7.92. The first kappa shape index (κ1) is 18.9. The first-order valence-corrected chi connectivity index (χ1v) is 8.50. The molecule has 1 saturated heterocycles. The normalized spacial score (nSPS) is 16.5. The molecular weight excluding hydrogens is 365 g/mol. The van der Waals surface area contributed by atoms with Crippen molar-refractivity contribution in [3.63, 3.8) is 0 Å². The predicted molar refractivity (Wildman–Crippen MR) is 80.6 cm³/mol. The molecule has 12 heteroatoms. The summed E-state index contributed by atoms with van der Waals surface area (Å²) in [6.45, 7) is 1.76. The molecule has 0 spiro atoms. The molecule has 0 unspecified atom stereocenters. The Balaban J connectivity index is 2.36. The van der Waals surface area contributed by atoms with Gasteiger partial charge in [-0.3, -0.25) is 15.0 Å². The van der Waals surface area contributed by atoms with Gasteiger partial charge in [-0.2, -0.15) is 18.4 Å². The van der Waals surface area contributed by atoms with Gasteiger partial charge in [0.05, 0.1) is 22.4 Å². The van der Waals surface area contributed by atoms with E-state index in [-0.39, 0.29) is 12.2 Å². The summed E-state index contributed by atoms with van der Waals surface area (Å²) >= 11 is 0. The van der Waals surface area contributed by atoms with Gasteiger partial charge in [-0.1, -0.05) is 0 Å². The monoisotopic (exact) mass is 378 g/mol. The third kappa shape index (κ3) is 3.83. The molecule has 0 bridgehead atoms. The van der Waals surface area contributed by atoms with Crippen LogP contribution >= 0.6 is 0 Å². The number of anilines is 1. The number of nitrogens with zero attached hydrogens (tertiary/aromatic N) is 4. The summed E-state index contributed by atoms with van der Waals surface area (Å²) in [5.41, 5.74) is -6.20. The molecule has 1 fully saturated rings.